The van der Waals surface area contributed by atoms with Crippen molar-refractivity contribution < 1.29 is 27.8 Å². The van der Waals surface area contributed by atoms with Gasteiger partial charge in [-0.3, -0.25) is 14.5 Å². The molecule has 23 heavy (non-hydrogen) atoms. The van der Waals surface area contributed by atoms with Crippen molar-refractivity contribution in [2.75, 3.05) is 13.2 Å². The molecule has 0 saturated carbocycles. The number of fused-ring (bicyclic) bond motifs is 1. The number of carboxylic acid groups (broad SMARTS) is 1. The topological polar surface area (TPSA) is 130 Å². The number of hydrogen-bond acceptors (Lipinski definition) is 5. The van der Waals surface area contributed by atoms with Crippen molar-refractivity contribution in [1.29, 1.82) is 0 Å². The van der Waals surface area contributed by atoms with E-state index in [-0.39, 0.29) is 24.2 Å². The summed E-state index contributed by atoms with van der Waals surface area (Å²) in [6.45, 7) is -0.942. The van der Waals surface area contributed by atoms with Gasteiger partial charge in [-0.1, -0.05) is 0 Å². The Morgan fingerprint density at radius 3 is 2.57 bits per heavy atom. The number of rotatable bonds is 6. The van der Waals surface area contributed by atoms with Crippen LogP contribution in [0.1, 0.15) is 16.9 Å². The monoisotopic (exact) mass is 336 g/mol. The van der Waals surface area contributed by atoms with Gasteiger partial charge in [0.25, 0.3) is 5.56 Å². The zero-order valence-corrected chi connectivity index (χ0v) is 11.4. The van der Waals surface area contributed by atoms with Crippen LogP contribution < -0.4 is 11.2 Å². The van der Waals surface area contributed by atoms with E-state index >= 15 is 0 Å². The second-order valence-corrected chi connectivity index (χ2v) is 4.49. The first-order chi connectivity index (χ1) is 10.7. The lowest BCUT2D eigenvalue weighted by molar-refractivity contribution is -0.145. The van der Waals surface area contributed by atoms with Crippen molar-refractivity contribution >= 4 is 17.0 Å². The van der Waals surface area contributed by atoms with E-state index in [2.05, 4.69) is 10.1 Å². The fourth-order valence-corrected chi connectivity index (χ4v) is 1.87. The van der Waals surface area contributed by atoms with Gasteiger partial charge in [0.15, 0.2) is 11.2 Å². The molecule has 0 atom stereocenters. The fourth-order valence-electron chi connectivity index (χ4n) is 1.87. The van der Waals surface area contributed by atoms with Gasteiger partial charge in [-0.2, -0.15) is 18.3 Å². The molecule has 126 valence electrons. The largest absolute Gasteiger partial charge is 0.476 e. The van der Waals surface area contributed by atoms with E-state index in [1.165, 1.54) is 0 Å². The average Bonchev–Trinajstić information content (AvgIpc) is 2.76. The van der Waals surface area contributed by atoms with Gasteiger partial charge in [0.05, 0.1) is 26.2 Å². The van der Waals surface area contributed by atoms with Crippen molar-refractivity contribution in [2.45, 2.75) is 19.1 Å². The minimum absolute atomic E-state index is 0.156. The van der Waals surface area contributed by atoms with Gasteiger partial charge in [-0.05, 0) is 0 Å². The van der Waals surface area contributed by atoms with Gasteiger partial charge in [-0.25, -0.2) is 9.59 Å². The highest BCUT2D eigenvalue weighted by molar-refractivity contribution is 5.98. The number of alkyl halides is 3. The molecule has 0 aliphatic rings. The third-order valence-electron chi connectivity index (χ3n) is 2.81. The zero-order valence-electron chi connectivity index (χ0n) is 11.4. The summed E-state index contributed by atoms with van der Waals surface area (Å²) in [5, 5.41) is 12.7. The van der Waals surface area contributed by atoms with Crippen molar-refractivity contribution in [3.05, 3.63) is 26.5 Å². The van der Waals surface area contributed by atoms with Crippen LogP contribution in [0.25, 0.3) is 11.0 Å². The van der Waals surface area contributed by atoms with Crippen LogP contribution in [0.4, 0.5) is 13.2 Å². The molecule has 0 radical (unpaired) electrons. The van der Waals surface area contributed by atoms with Crippen molar-refractivity contribution in [3.63, 3.8) is 0 Å². The Morgan fingerprint density at radius 2 is 1.96 bits per heavy atom. The van der Waals surface area contributed by atoms with E-state index in [1.54, 1.807) is 0 Å². The zero-order chi connectivity index (χ0) is 17.2. The van der Waals surface area contributed by atoms with Crippen molar-refractivity contribution in [1.82, 2.24) is 19.7 Å². The number of aromatic amines is 2. The maximum absolute atomic E-state index is 12.0. The molecule has 2 heterocycles. The van der Waals surface area contributed by atoms with E-state index in [4.69, 9.17) is 9.84 Å². The second kappa shape index (κ2) is 6.24. The summed E-state index contributed by atoms with van der Waals surface area (Å²) in [6.07, 6.45) is -5.47. The molecular formula is C11H11F3N4O5. The summed E-state index contributed by atoms with van der Waals surface area (Å²) in [4.78, 5) is 38.1. The Morgan fingerprint density at radius 1 is 1.26 bits per heavy atom. The fraction of sp³-hybridized carbons (Fsp3) is 0.455. The van der Waals surface area contributed by atoms with Crippen molar-refractivity contribution in [2.24, 2.45) is 0 Å². The Balaban J connectivity index is 2.20. The number of aromatic carboxylic acids is 1. The normalized spacial score (nSPS) is 12.0. The van der Waals surface area contributed by atoms with E-state index < -0.39 is 42.1 Å². The summed E-state index contributed by atoms with van der Waals surface area (Å²) < 4.78 is 41.6. The minimum Gasteiger partial charge on any atom is -0.476 e. The number of ether oxygens (including phenoxy) is 1. The molecule has 3 N–H and O–H groups in total. The first kappa shape index (κ1) is 16.7. The predicted octanol–water partition coefficient (Wildman–Crippen LogP) is 0.0801. The molecule has 2 rings (SSSR count). The Labute approximate surface area is 124 Å². The number of nitrogens with zero attached hydrogens (tertiary/aromatic N) is 2. The number of nitrogens with one attached hydrogen (secondary N) is 2. The molecule has 0 saturated heterocycles. The number of hydrogen-bond donors (Lipinski definition) is 3. The summed E-state index contributed by atoms with van der Waals surface area (Å²) in [5.41, 5.74) is -2.77. The van der Waals surface area contributed by atoms with Crippen LogP contribution in [-0.2, 0) is 11.3 Å². The Hall–Kier alpha value is -2.63. The second-order valence-electron chi connectivity index (χ2n) is 4.49. The summed E-state index contributed by atoms with van der Waals surface area (Å²) in [5.74, 6) is -1.46. The van der Waals surface area contributed by atoms with Gasteiger partial charge in [-0.15, -0.1) is 0 Å². The quantitative estimate of drug-likeness (QED) is 0.641. The van der Waals surface area contributed by atoms with Crippen LogP contribution in [-0.4, -0.2) is 50.2 Å². The highest BCUT2D eigenvalue weighted by Crippen LogP contribution is 2.19. The third-order valence-corrected chi connectivity index (χ3v) is 2.81. The van der Waals surface area contributed by atoms with Gasteiger partial charge in [0.1, 0.15) is 5.52 Å². The summed E-state index contributed by atoms with van der Waals surface area (Å²) in [6, 6.07) is 0. The highest BCUT2D eigenvalue weighted by atomic mass is 19.4. The predicted molar refractivity (Wildman–Crippen MR) is 69.4 cm³/mol. The molecule has 0 aliphatic carbocycles. The molecule has 0 unspecified atom stereocenters. The molecule has 2 aromatic heterocycles. The standard InChI is InChI=1S/C11H11F3N4O5/c12-11(13,14)1-3-23-4-2-18-7-5(6(17-18)9(20)21)15-10(22)16-8(7)19/h1-4H2,(H,20,21)(H2,15,16,19,22). The number of aromatic nitrogens is 4. The minimum atomic E-state index is -4.34. The van der Waals surface area contributed by atoms with Crippen LogP contribution in [0.15, 0.2) is 9.59 Å². The summed E-state index contributed by atoms with van der Waals surface area (Å²) >= 11 is 0. The van der Waals surface area contributed by atoms with Gasteiger partial charge in [0, 0.05) is 0 Å². The SMILES string of the molecule is O=C(O)c1nn(CCOCCC(F)(F)F)c2c(=O)[nH]c(=O)[nH]c12. The number of carbonyl (C=O) groups is 1. The number of halogens is 3. The van der Waals surface area contributed by atoms with Crippen LogP contribution in [0.3, 0.4) is 0 Å². The van der Waals surface area contributed by atoms with Crippen LogP contribution in [0.2, 0.25) is 0 Å². The first-order valence-electron chi connectivity index (χ1n) is 6.30. The first-order valence-corrected chi connectivity index (χ1v) is 6.30. The molecule has 0 fully saturated rings. The molecular weight excluding hydrogens is 325 g/mol. The van der Waals surface area contributed by atoms with E-state index in [0.717, 1.165) is 4.68 Å². The average molecular weight is 336 g/mol. The number of carboxylic acids is 1. The van der Waals surface area contributed by atoms with Crippen LogP contribution >= 0.6 is 0 Å². The third kappa shape index (κ3) is 3.97. The van der Waals surface area contributed by atoms with Gasteiger partial charge < -0.3 is 14.8 Å². The van der Waals surface area contributed by atoms with E-state index in [0.29, 0.717) is 0 Å². The van der Waals surface area contributed by atoms with Crippen LogP contribution in [0.5, 0.6) is 0 Å². The van der Waals surface area contributed by atoms with Crippen LogP contribution in [0, 0.1) is 0 Å². The van der Waals surface area contributed by atoms with E-state index in [9.17, 15) is 27.6 Å². The molecule has 2 aromatic rings. The molecule has 0 bridgehead atoms. The highest BCUT2D eigenvalue weighted by Gasteiger charge is 2.26. The van der Waals surface area contributed by atoms with E-state index in [1.807, 2.05) is 4.98 Å². The lowest BCUT2D eigenvalue weighted by Crippen LogP contribution is -2.24. The molecule has 0 aliphatic heterocycles. The smallest absolute Gasteiger partial charge is 0.391 e. The summed E-state index contributed by atoms with van der Waals surface area (Å²) in [7, 11) is 0. The number of H-pyrrole nitrogens is 2. The van der Waals surface area contributed by atoms with Crippen molar-refractivity contribution in [3.8, 4) is 0 Å². The van der Waals surface area contributed by atoms with Gasteiger partial charge >= 0.3 is 17.8 Å². The molecule has 0 aromatic carbocycles. The maximum atomic E-state index is 12.0. The molecule has 12 heteroatoms. The molecule has 0 amide bonds. The Kier molecular flexibility index (Phi) is 4.54. The molecule has 9 nitrogen and oxygen atoms in total. The lowest BCUT2D eigenvalue weighted by atomic mass is 10.3. The molecule has 0 spiro atoms. The lowest BCUT2D eigenvalue weighted by Gasteiger charge is -2.07. The van der Waals surface area contributed by atoms with Gasteiger partial charge in [0.2, 0.25) is 0 Å². The Bertz CT molecular complexity index is 835. The maximum Gasteiger partial charge on any atom is 0.391 e.